The number of amides is 2. The molecule has 2 amide bonds. The number of nitrogens with one attached hydrogen (secondary N) is 2. The molecule has 0 bridgehead atoms. The highest BCUT2D eigenvalue weighted by Gasteiger charge is 2.20. The molecule has 0 radical (unpaired) electrons. The van der Waals surface area contributed by atoms with Crippen molar-refractivity contribution in [3.05, 3.63) is 29.3 Å². The quantitative estimate of drug-likeness (QED) is 0.721. The van der Waals surface area contributed by atoms with Crippen LogP contribution >= 0.6 is 0 Å². The predicted octanol–water partition coefficient (Wildman–Crippen LogP) is 0.709. The number of aromatic hydroxyl groups is 1. The Kier molecular flexibility index (Phi) is 3.50. The highest BCUT2D eigenvalue weighted by atomic mass is 16.3. The van der Waals surface area contributed by atoms with E-state index in [0.29, 0.717) is 30.5 Å². The predicted molar refractivity (Wildman–Crippen MR) is 66.3 cm³/mol. The summed E-state index contributed by atoms with van der Waals surface area (Å²) in [6, 6.07) is 4.71. The van der Waals surface area contributed by atoms with Crippen LogP contribution in [0.3, 0.4) is 0 Å². The summed E-state index contributed by atoms with van der Waals surface area (Å²) >= 11 is 0. The second-order valence-corrected chi connectivity index (χ2v) is 4.51. The van der Waals surface area contributed by atoms with Gasteiger partial charge in [-0.2, -0.15) is 0 Å². The molecule has 2 rings (SSSR count). The Morgan fingerprint density at radius 3 is 2.89 bits per heavy atom. The third-order valence-corrected chi connectivity index (χ3v) is 3.06. The van der Waals surface area contributed by atoms with Gasteiger partial charge in [0.05, 0.1) is 0 Å². The zero-order valence-electron chi connectivity index (χ0n) is 10.2. The number of aryl methyl sites for hydroxylation is 1. The lowest BCUT2D eigenvalue weighted by molar-refractivity contribution is -0.122. The summed E-state index contributed by atoms with van der Waals surface area (Å²) < 4.78 is 0. The molecule has 0 saturated carbocycles. The van der Waals surface area contributed by atoms with Crippen molar-refractivity contribution in [3.63, 3.8) is 0 Å². The SMILES string of the molecule is Cc1cc(C(=O)NC2CCC(=O)NC2)ccc1O. The van der Waals surface area contributed by atoms with E-state index in [1.54, 1.807) is 19.1 Å². The van der Waals surface area contributed by atoms with E-state index < -0.39 is 0 Å². The topological polar surface area (TPSA) is 78.4 Å². The molecule has 1 aromatic carbocycles. The number of hydrogen-bond acceptors (Lipinski definition) is 3. The monoisotopic (exact) mass is 248 g/mol. The second kappa shape index (κ2) is 5.08. The number of phenols is 1. The molecule has 1 aliphatic rings. The van der Waals surface area contributed by atoms with Gasteiger partial charge in [0.25, 0.3) is 5.91 Å². The molecule has 1 heterocycles. The fourth-order valence-corrected chi connectivity index (χ4v) is 1.92. The van der Waals surface area contributed by atoms with Crippen LogP contribution in [-0.4, -0.2) is 29.5 Å². The number of benzene rings is 1. The number of carbonyl (C=O) groups excluding carboxylic acids is 2. The Morgan fingerprint density at radius 2 is 2.28 bits per heavy atom. The molecular formula is C13H16N2O3. The van der Waals surface area contributed by atoms with E-state index in [-0.39, 0.29) is 23.6 Å². The Bertz CT molecular complexity index is 475. The molecule has 1 aromatic rings. The number of hydrogen-bond donors (Lipinski definition) is 3. The van der Waals surface area contributed by atoms with Crippen LogP contribution in [0.5, 0.6) is 5.75 Å². The standard InChI is InChI=1S/C13H16N2O3/c1-8-6-9(2-4-11(8)16)13(18)15-10-3-5-12(17)14-7-10/h2,4,6,10,16H,3,5,7H2,1H3,(H,14,17)(H,15,18). The zero-order chi connectivity index (χ0) is 13.1. The molecule has 5 nitrogen and oxygen atoms in total. The van der Waals surface area contributed by atoms with E-state index in [2.05, 4.69) is 10.6 Å². The zero-order valence-corrected chi connectivity index (χ0v) is 10.2. The van der Waals surface area contributed by atoms with E-state index in [1.165, 1.54) is 6.07 Å². The van der Waals surface area contributed by atoms with Crippen molar-refractivity contribution in [2.75, 3.05) is 6.54 Å². The minimum atomic E-state index is -0.181. The van der Waals surface area contributed by atoms with Gasteiger partial charge < -0.3 is 15.7 Å². The Morgan fingerprint density at radius 1 is 1.50 bits per heavy atom. The Hall–Kier alpha value is -2.04. The summed E-state index contributed by atoms with van der Waals surface area (Å²) in [6.07, 6.45) is 1.11. The van der Waals surface area contributed by atoms with Crippen molar-refractivity contribution in [2.45, 2.75) is 25.8 Å². The molecule has 1 saturated heterocycles. The highest BCUT2D eigenvalue weighted by Crippen LogP contribution is 2.17. The summed E-state index contributed by atoms with van der Waals surface area (Å²) in [4.78, 5) is 22.9. The van der Waals surface area contributed by atoms with Crippen LogP contribution in [0.2, 0.25) is 0 Å². The van der Waals surface area contributed by atoms with Gasteiger partial charge >= 0.3 is 0 Å². The van der Waals surface area contributed by atoms with Gasteiger partial charge in [-0.3, -0.25) is 9.59 Å². The summed E-state index contributed by atoms with van der Waals surface area (Å²) in [5, 5.41) is 15.0. The van der Waals surface area contributed by atoms with Crippen LogP contribution in [0.15, 0.2) is 18.2 Å². The molecule has 1 fully saturated rings. The van der Waals surface area contributed by atoms with Gasteiger partial charge in [0.2, 0.25) is 5.91 Å². The first kappa shape index (κ1) is 12.4. The molecule has 1 atom stereocenters. The highest BCUT2D eigenvalue weighted by molar-refractivity contribution is 5.95. The summed E-state index contributed by atoms with van der Waals surface area (Å²) in [5.74, 6) is 0.0247. The first-order valence-corrected chi connectivity index (χ1v) is 5.93. The number of phenolic OH excluding ortho intramolecular Hbond substituents is 1. The van der Waals surface area contributed by atoms with Crippen LogP contribution < -0.4 is 10.6 Å². The minimum Gasteiger partial charge on any atom is -0.508 e. The normalized spacial score (nSPS) is 19.2. The number of carbonyl (C=O) groups is 2. The fourth-order valence-electron chi connectivity index (χ4n) is 1.92. The Labute approximate surface area is 105 Å². The first-order valence-electron chi connectivity index (χ1n) is 5.93. The van der Waals surface area contributed by atoms with Crippen LogP contribution in [0, 0.1) is 6.92 Å². The molecule has 1 unspecified atom stereocenters. The molecule has 96 valence electrons. The summed E-state index contributed by atoms with van der Waals surface area (Å²) in [6.45, 7) is 2.22. The lowest BCUT2D eigenvalue weighted by Crippen LogP contribution is -2.47. The smallest absolute Gasteiger partial charge is 0.251 e. The van der Waals surface area contributed by atoms with Crippen molar-refractivity contribution < 1.29 is 14.7 Å². The molecule has 0 aromatic heterocycles. The van der Waals surface area contributed by atoms with Crippen molar-refractivity contribution in [1.29, 1.82) is 0 Å². The van der Waals surface area contributed by atoms with E-state index in [4.69, 9.17) is 0 Å². The molecule has 18 heavy (non-hydrogen) atoms. The molecule has 3 N–H and O–H groups in total. The average Bonchev–Trinajstić information content (AvgIpc) is 2.35. The van der Waals surface area contributed by atoms with Gasteiger partial charge in [-0.1, -0.05) is 0 Å². The second-order valence-electron chi connectivity index (χ2n) is 4.51. The maximum Gasteiger partial charge on any atom is 0.251 e. The van der Waals surface area contributed by atoms with Gasteiger partial charge in [0, 0.05) is 24.6 Å². The molecule has 0 aliphatic carbocycles. The Balaban J connectivity index is 1.99. The van der Waals surface area contributed by atoms with E-state index in [1.807, 2.05) is 0 Å². The molecule has 0 spiro atoms. The summed E-state index contributed by atoms with van der Waals surface area (Å²) in [5.41, 5.74) is 1.18. The van der Waals surface area contributed by atoms with Crippen molar-refractivity contribution >= 4 is 11.8 Å². The molecule has 5 heteroatoms. The van der Waals surface area contributed by atoms with Crippen molar-refractivity contribution in [2.24, 2.45) is 0 Å². The minimum absolute atomic E-state index is 0.0238. The van der Waals surface area contributed by atoms with Gasteiger partial charge in [-0.15, -0.1) is 0 Å². The maximum absolute atomic E-state index is 12.0. The van der Waals surface area contributed by atoms with E-state index in [9.17, 15) is 14.7 Å². The van der Waals surface area contributed by atoms with Crippen LogP contribution in [0.25, 0.3) is 0 Å². The van der Waals surface area contributed by atoms with Crippen LogP contribution in [0.1, 0.15) is 28.8 Å². The van der Waals surface area contributed by atoms with Crippen LogP contribution in [-0.2, 0) is 4.79 Å². The van der Waals surface area contributed by atoms with Gasteiger partial charge in [0.1, 0.15) is 5.75 Å². The largest absolute Gasteiger partial charge is 0.508 e. The number of piperidine rings is 1. The fraction of sp³-hybridized carbons (Fsp3) is 0.385. The maximum atomic E-state index is 12.0. The van der Waals surface area contributed by atoms with E-state index >= 15 is 0 Å². The van der Waals surface area contributed by atoms with Gasteiger partial charge in [-0.25, -0.2) is 0 Å². The van der Waals surface area contributed by atoms with Crippen LogP contribution in [0.4, 0.5) is 0 Å². The van der Waals surface area contributed by atoms with Crippen molar-refractivity contribution in [3.8, 4) is 5.75 Å². The first-order chi connectivity index (χ1) is 8.56. The lowest BCUT2D eigenvalue weighted by Gasteiger charge is -2.23. The molecule has 1 aliphatic heterocycles. The van der Waals surface area contributed by atoms with Gasteiger partial charge in [-0.05, 0) is 37.1 Å². The third-order valence-electron chi connectivity index (χ3n) is 3.06. The average molecular weight is 248 g/mol. The van der Waals surface area contributed by atoms with E-state index in [0.717, 1.165) is 0 Å². The third kappa shape index (κ3) is 2.80. The van der Waals surface area contributed by atoms with Gasteiger partial charge in [0.15, 0.2) is 0 Å². The lowest BCUT2D eigenvalue weighted by atomic mass is 10.1. The number of rotatable bonds is 2. The molecular weight excluding hydrogens is 232 g/mol. The van der Waals surface area contributed by atoms with Crippen molar-refractivity contribution in [1.82, 2.24) is 10.6 Å². The summed E-state index contributed by atoms with van der Waals surface area (Å²) in [7, 11) is 0.